The molecule has 178 valence electrons. The molecule has 0 saturated carbocycles. The van der Waals surface area contributed by atoms with E-state index < -0.39 is 22.6 Å². The van der Waals surface area contributed by atoms with Crippen molar-refractivity contribution >= 4 is 27.9 Å². The smallest absolute Gasteiger partial charge is 0.338 e. The summed E-state index contributed by atoms with van der Waals surface area (Å²) in [5.41, 5.74) is 0.00435. The maximum Gasteiger partial charge on any atom is 0.338 e. The Morgan fingerprint density at radius 3 is 2.55 bits per heavy atom. The average molecular weight is 479 g/mol. The Morgan fingerprint density at radius 1 is 1.12 bits per heavy atom. The number of ether oxygens (including phenoxy) is 2. The highest BCUT2D eigenvalue weighted by molar-refractivity contribution is 7.89. The monoisotopic (exact) mass is 478 g/mol. The molecule has 2 aromatic rings. The van der Waals surface area contributed by atoms with E-state index in [0.717, 1.165) is 0 Å². The number of furan rings is 1. The Balaban J connectivity index is 1.51. The summed E-state index contributed by atoms with van der Waals surface area (Å²) in [6, 6.07) is 8.63. The third-order valence-corrected chi connectivity index (χ3v) is 6.59. The molecule has 0 bridgehead atoms. The molecular formula is C22H26N2O8S. The van der Waals surface area contributed by atoms with Gasteiger partial charge < -0.3 is 18.8 Å². The molecule has 1 aromatic carbocycles. The molecule has 0 radical (unpaired) electrons. The summed E-state index contributed by atoms with van der Waals surface area (Å²) in [5, 5.41) is 0. The van der Waals surface area contributed by atoms with Crippen LogP contribution in [0.3, 0.4) is 0 Å². The van der Waals surface area contributed by atoms with Crippen LogP contribution in [-0.4, -0.2) is 57.5 Å². The van der Waals surface area contributed by atoms with Crippen molar-refractivity contribution < 1.29 is 36.7 Å². The van der Waals surface area contributed by atoms with Crippen molar-refractivity contribution in [1.82, 2.24) is 9.62 Å². The zero-order valence-electron chi connectivity index (χ0n) is 18.2. The van der Waals surface area contributed by atoms with Crippen molar-refractivity contribution in [2.75, 3.05) is 26.3 Å². The summed E-state index contributed by atoms with van der Waals surface area (Å²) in [4.78, 5) is 38.0. The average Bonchev–Trinajstić information content (AvgIpc) is 3.35. The molecule has 2 heterocycles. The van der Waals surface area contributed by atoms with Gasteiger partial charge in [0.05, 0.1) is 35.8 Å². The predicted octanol–water partition coefficient (Wildman–Crippen LogP) is 1.72. The molecule has 3 rings (SSSR count). The number of benzene rings is 1. The lowest BCUT2D eigenvalue weighted by molar-refractivity contribution is -0.151. The number of nitrogens with one attached hydrogen (secondary N) is 1. The van der Waals surface area contributed by atoms with Crippen molar-refractivity contribution in [2.24, 2.45) is 5.92 Å². The fourth-order valence-corrected chi connectivity index (χ4v) is 4.42. The van der Waals surface area contributed by atoms with Crippen molar-refractivity contribution in [1.29, 1.82) is 0 Å². The van der Waals surface area contributed by atoms with E-state index in [0.29, 0.717) is 38.3 Å². The fraction of sp³-hybridized carbons (Fsp3) is 0.409. The molecular weight excluding hydrogens is 452 g/mol. The Morgan fingerprint density at radius 2 is 1.88 bits per heavy atom. The molecule has 1 aromatic heterocycles. The SMILES string of the molecule is CCOC(=O)C1CCN(C(=O)COC(=O)c2cccc(S(=O)(=O)NCc3ccco3)c2)CC1. The van der Waals surface area contributed by atoms with Gasteiger partial charge in [-0.05, 0) is 50.1 Å². The lowest BCUT2D eigenvalue weighted by atomic mass is 9.97. The van der Waals surface area contributed by atoms with E-state index in [9.17, 15) is 22.8 Å². The Labute approximate surface area is 191 Å². The van der Waals surface area contributed by atoms with Gasteiger partial charge in [0.1, 0.15) is 5.76 Å². The van der Waals surface area contributed by atoms with Crippen LogP contribution in [0.4, 0.5) is 0 Å². The number of hydrogen-bond donors (Lipinski definition) is 1. The standard InChI is InChI=1S/C22H26N2O8S/c1-2-30-21(26)16-8-10-24(11-9-16)20(25)15-32-22(27)17-5-3-7-19(13-17)33(28,29)23-14-18-6-4-12-31-18/h3-7,12-13,16,23H,2,8-11,14-15H2,1H3. The van der Waals surface area contributed by atoms with Crippen molar-refractivity contribution in [3.63, 3.8) is 0 Å². The second kappa shape index (κ2) is 11.1. The van der Waals surface area contributed by atoms with Gasteiger partial charge in [-0.15, -0.1) is 0 Å². The highest BCUT2D eigenvalue weighted by Crippen LogP contribution is 2.19. The summed E-state index contributed by atoms with van der Waals surface area (Å²) in [5.74, 6) is -1.24. The zero-order valence-corrected chi connectivity index (χ0v) is 19.0. The minimum Gasteiger partial charge on any atom is -0.468 e. The third-order valence-electron chi connectivity index (χ3n) is 5.19. The van der Waals surface area contributed by atoms with Gasteiger partial charge in [0.2, 0.25) is 10.0 Å². The van der Waals surface area contributed by atoms with Crippen LogP contribution >= 0.6 is 0 Å². The number of carbonyl (C=O) groups excluding carboxylic acids is 3. The first-order valence-corrected chi connectivity index (χ1v) is 12.0. The van der Waals surface area contributed by atoms with Gasteiger partial charge in [-0.3, -0.25) is 9.59 Å². The van der Waals surface area contributed by atoms with Crippen molar-refractivity contribution in [3.8, 4) is 0 Å². The van der Waals surface area contributed by atoms with E-state index >= 15 is 0 Å². The van der Waals surface area contributed by atoms with Crippen molar-refractivity contribution in [3.05, 3.63) is 54.0 Å². The van der Waals surface area contributed by atoms with Crippen LogP contribution in [0.5, 0.6) is 0 Å². The minimum atomic E-state index is -3.89. The molecule has 1 aliphatic heterocycles. The molecule has 0 aliphatic carbocycles. The number of hydrogen-bond acceptors (Lipinski definition) is 8. The quantitative estimate of drug-likeness (QED) is 0.539. The van der Waals surface area contributed by atoms with E-state index in [-0.39, 0.29) is 34.8 Å². The number of rotatable bonds is 9. The number of piperidine rings is 1. The van der Waals surface area contributed by atoms with Gasteiger partial charge in [-0.25, -0.2) is 17.9 Å². The lowest BCUT2D eigenvalue weighted by Crippen LogP contribution is -2.42. The topological polar surface area (TPSA) is 132 Å². The second-order valence-electron chi connectivity index (χ2n) is 7.41. The third kappa shape index (κ3) is 6.65. The minimum absolute atomic E-state index is 0.00435. The Kier molecular flexibility index (Phi) is 8.23. The molecule has 33 heavy (non-hydrogen) atoms. The van der Waals surface area contributed by atoms with Gasteiger partial charge in [0.25, 0.3) is 5.91 Å². The maximum atomic E-state index is 12.5. The zero-order chi connectivity index (χ0) is 23.8. The summed E-state index contributed by atoms with van der Waals surface area (Å²) in [7, 11) is -3.89. The second-order valence-corrected chi connectivity index (χ2v) is 9.18. The fourth-order valence-electron chi connectivity index (χ4n) is 3.38. The molecule has 1 fully saturated rings. The number of nitrogens with zero attached hydrogens (tertiary/aromatic N) is 1. The van der Waals surface area contributed by atoms with Crippen LogP contribution in [0.2, 0.25) is 0 Å². The molecule has 0 unspecified atom stereocenters. The number of sulfonamides is 1. The summed E-state index contributed by atoms with van der Waals surface area (Å²) < 4.78 is 42.6. The number of amides is 1. The first kappa shape index (κ1) is 24.5. The van der Waals surface area contributed by atoms with Crippen LogP contribution < -0.4 is 4.72 Å². The van der Waals surface area contributed by atoms with E-state index in [1.54, 1.807) is 19.1 Å². The van der Waals surface area contributed by atoms with E-state index in [1.807, 2.05) is 0 Å². The maximum absolute atomic E-state index is 12.5. The molecule has 1 aliphatic rings. The first-order chi connectivity index (χ1) is 15.8. The van der Waals surface area contributed by atoms with Gasteiger partial charge in [0, 0.05) is 13.1 Å². The molecule has 0 spiro atoms. The van der Waals surface area contributed by atoms with E-state index in [4.69, 9.17) is 13.9 Å². The summed E-state index contributed by atoms with van der Waals surface area (Å²) >= 11 is 0. The molecule has 10 nitrogen and oxygen atoms in total. The van der Waals surface area contributed by atoms with Crippen LogP contribution in [0.25, 0.3) is 0 Å². The molecule has 11 heteroatoms. The van der Waals surface area contributed by atoms with Crippen LogP contribution in [0.1, 0.15) is 35.9 Å². The van der Waals surface area contributed by atoms with Gasteiger partial charge in [-0.2, -0.15) is 0 Å². The molecule has 1 N–H and O–H groups in total. The van der Waals surface area contributed by atoms with Gasteiger partial charge in [0.15, 0.2) is 6.61 Å². The Hall–Kier alpha value is -3.18. The largest absolute Gasteiger partial charge is 0.468 e. The first-order valence-electron chi connectivity index (χ1n) is 10.5. The predicted molar refractivity (Wildman–Crippen MR) is 115 cm³/mol. The Bertz CT molecular complexity index is 1070. The highest BCUT2D eigenvalue weighted by Gasteiger charge is 2.28. The highest BCUT2D eigenvalue weighted by atomic mass is 32.2. The van der Waals surface area contributed by atoms with Crippen molar-refractivity contribution in [2.45, 2.75) is 31.2 Å². The summed E-state index contributed by atoms with van der Waals surface area (Å²) in [6.45, 7) is 2.29. The van der Waals surface area contributed by atoms with Crippen LogP contribution in [-0.2, 0) is 35.6 Å². The molecule has 1 saturated heterocycles. The van der Waals surface area contributed by atoms with Gasteiger partial charge in [-0.1, -0.05) is 6.07 Å². The van der Waals surface area contributed by atoms with Crippen LogP contribution in [0, 0.1) is 5.92 Å². The normalized spacial score (nSPS) is 14.6. The van der Waals surface area contributed by atoms with Crippen LogP contribution in [0.15, 0.2) is 52.0 Å². The number of carbonyl (C=O) groups is 3. The van der Waals surface area contributed by atoms with E-state index in [1.165, 1.54) is 35.4 Å². The number of likely N-dealkylation sites (tertiary alicyclic amines) is 1. The molecule has 1 amide bonds. The molecule has 0 atom stereocenters. The number of esters is 2. The van der Waals surface area contributed by atoms with E-state index in [2.05, 4.69) is 4.72 Å². The lowest BCUT2D eigenvalue weighted by Gasteiger charge is -2.30. The summed E-state index contributed by atoms with van der Waals surface area (Å²) in [6.07, 6.45) is 2.41. The van der Waals surface area contributed by atoms with Gasteiger partial charge >= 0.3 is 11.9 Å².